The molecule has 116 valence electrons. The molecule has 0 saturated carbocycles. The fourth-order valence-corrected chi connectivity index (χ4v) is 2.00. The van der Waals surface area contributed by atoms with Crippen LogP contribution in [0.1, 0.15) is 33.1 Å². The predicted molar refractivity (Wildman–Crippen MR) is 74.2 cm³/mol. The number of carbonyl (C=O) groups excluding carboxylic acids is 1. The monoisotopic (exact) mass is 287 g/mol. The number of morpholine rings is 1. The Morgan fingerprint density at radius 1 is 1.25 bits per heavy atom. The largest absolute Gasteiger partial charge is 0.481 e. The molecule has 0 radical (unpaired) electrons. The number of carbonyl (C=O) groups is 2. The van der Waals surface area contributed by atoms with Crippen LogP contribution < -0.4 is 10.7 Å². The molecule has 0 aliphatic carbocycles. The molecule has 7 heteroatoms. The number of hydrazine groups is 1. The lowest BCUT2D eigenvalue weighted by Crippen LogP contribution is -2.53. The number of amides is 2. The molecule has 0 spiro atoms. The highest BCUT2D eigenvalue weighted by atomic mass is 16.5. The van der Waals surface area contributed by atoms with Crippen molar-refractivity contribution >= 4 is 12.0 Å². The number of hydrogen-bond donors (Lipinski definition) is 3. The van der Waals surface area contributed by atoms with Crippen molar-refractivity contribution in [1.82, 2.24) is 15.8 Å². The lowest BCUT2D eigenvalue weighted by molar-refractivity contribution is -0.141. The van der Waals surface area contributed by atoms with Gasteiger partial charge in [-0.25, -0.2) is 9.80 Å². The van der Waals surface area contributed by atoms with Crippen LogP contribution in [0.3, 0.4) is 0 Å². The molecule has 1 saturated heterocycles. The van der Waals surface area contributed by atoms with Gasteiger partial charge in [0, 0.05) is 19.1 Å². The van der Waals surface area contributed by atoms with E-state index in [9.17, 15) is 9.59 Å². The Bertz CT molecular complexity index is 319. The van der Waals surface area contributed by atoms with Gasteiger partial charge < -0.3 is 15.2 Å². The van der Waals surface area contributed by atoms with E-state index in [4.69, 9.17) is 9.84 Å². The van der Waals surface area contributed by atoms with Crippen LogP contribution in [0.25, 0.3) is 0 Å². The first kappa shape index (κ1) is 16.7. The van der Waals surface area contributed by atoms with Crippen molar-refractivity contribution in [1.29, 1.82) is 0 Å². The topological polar surface area (TPSA) is 90.9 Å². The maximum absolute atomic E-state index is 11.7. The Balaban J connectivity index is 2.12. The van der Waals surface area contributed by atoms with Crippen molar-refractivity contribution in [3.63, 3.8) is 0 Å². The molecule has 20 heavy (non-hydrogen) atoms. The van der Waals surface area contributed by atoms with E-state index < -0.39 is 5.97 Å². The van der Waals surface area contributed by atoms with E-state index in [1.807, 2.05) is 11.9 Å². The highest BCUT2D eigenvalue weighted by molar-refractivity contribution is 5.73. The van der Waals surface area contributed by atoms with Crippen LogP contribution in [0.5, 0.6) is 0 Å². The van der Waals surface area contributed by atoms with E-state index >= 15 is 0 Å². The number of urea groups is 1. The molecule has 2 amide bonds. The first-order valence-electron chi connectivity index (χ1n) is 7.11. The number of carboxylic acids is 1. The first-order chi connectivity index (χ1) is 9.49. The number of rotatable bonds is 7. The number of carboxylic acid groups (broad SMARTS) is 1. The number of nitrogens with zero attached hydrogens (tertiary/aromatic N) is 1. The quantitative estimate of drug-likeness (QED) is 0.644. The second-order valence-electron chi connectivity index (χ2n) is 5.26. The Hall–Kier alpha value is -1.34. The molecule has 1 rings (SSSR count). The van der Waals surface area contributed by atoms with Crippen molar-refractivity contribution in [2.24, 2.45) is 5.92 Å². The number of hydrogen-bond acceptors (Lipinski definition) is 4. The minimum Gasteiger partial charge on any atom is -0.481 e. The summed E-state index contributed by atoms with van der Waals surface area (Å²) in [5, 5.41) is 13.5. The molecule has 0 bridgehead atoms. The van der Waals surface area contributed by atoms with Crippen LogP contribution in [0.2, 0.25) is 0 Å². The molecular weight excluding hydrogens is 262 g/mol. The highest BCUT2D eigenvalue weighted by Gasteiger charge is 2.15. The van der Waals surface area contributed by atoms with Gasteiger partial charge in [0.15, 0.2) is 0 Å². The molecule has 0 aromatic rings. The summed E-state index contributed by atoms with van der Waals surface area (Å²) in [5.41, 5.74) is 2.78. The molecule has 1 aliphatic heterocycles. The summed E-state index contributed by atoms with van der Waals surface area (Å²) in [5.74, 6) is -1.10. The fourth-order valence-electron chi connectivity index (χ4n) is 2.00. The molecule has 2 atom stereocenters. The molecule has 1 fully saturated rings. The summed E-state index contributed by atoms with van der Waals surface area (Å²) in [7, 11) is 0. The summed E-state index contributed by atoms with van der Waals surface area (Å²) >= 11 is 0. The Morgan fingerprint density at radius 3 is 2.50 bits per heavy atom. The summed E-state index contributed by atoms with van der Waals surface area (Å²) in [6.07, 6.45) is 2.19. The van der Waals surface area contributed by atoms with Gasteiger partial charge in [-0.3, -0.25) is 10.2 Å². The van der Waals surface area contributed by atoms with Gasteiger partial charge in [-0.2, -0.15) is 0 Å². The van der Waals surface area contributed by atoms with Gasteiger partial charge in [-0.05, 0) is 19.8 Å². The lowest BCUT2D eigenvalue weighted by atomic mass is 10.0. The third kappa shape index (κ3) is 6.72. The Labute approximate surface area is 119 Å². The van der Waals surface area contributed by atoms with Gasteiger partial charge >= 0.3 is 12.0 Å². The Morgan fingerprint density at radius 2 is 1.90 bits per heavy atom. The van der Waals surface area contributed by atoms with E-state index in [0.717, 1.165) is 12.8 Å². The fraction of sp³-hybridized carbons (Fsp3) is 0.846. The van der Waals surface area contributed by atoms with E-state index in [1.165, 1.54) is 0 Å². The summed E-state index contributed by atoms with van der Waals surface area (Å²) in [4.78, 5) is 22.4. The van der Waals surface area contributed by atoms with Crippen LogP contribution in [-0.2, 0) is 9.53 Å². The molecule has 1 aliphatic rings. The van der Waals surface area contributed by atoms with Gasteiger partial charge in [0.05, 0.1) is 19.1 Å². The smallest absolute Gasteiger partial charge is 0.329 e. The van der Waals surface area contributed by atoms with Crippen LogP contribution in [-0.4, -0.2) is 54.5 Å². The third-order valence-electron chi connectivity index (χ3n) is 3.34. The number of nitrogens with one attached hydrogen (secondary N) is 2. The molecule has 1 heterocycles. The average Bonchev–Trinajstić information content (AvgIpc) is 2.39. The zero-order valence-electron chi connectivity index (χ0n) is 12.2. The first-order valence-corrected chi connectivity index (χ1v) is 7.11. The summed E-state index contributed by atoms with van der Waals surface area (Å²) in [6, 6.07) is -0.192. The maximum Gasteiger partial charge on any atom is 0.329 e. The van der Waals surface area contributed by atoms with E-state index in [-0.39, 0.29) is 18.0 Å². The standard InChI is InChI=1S/C13H25N3O4/c1-10(12(17)18)4-3-5-11(2)14-13(19)15-16-6-8-20-9-7-16/h10-11H,3-9H2,1-2H3,(H,17,18)(H2,14,15,19). The molecular formula is C13H25N3O4. The van der Waals surface area contributed by atoms with Gasteiger partial charge in [0.1, 0.15) is 0 Å². The van der Waals surface area contributed by atoms with Crippen LogP contribution >= 0.6 is 0 Å². The van der Waals surface area contributed by atoms with Gasteiger partial charge in [0.25, 0.3) is 0 Å². The van der Waals surface area contributed by atoms with Crippen molar-refractivity contribution in [2.45, 2.75) is 39.2 Å². The van der Waals surface area contributed by atoms with E-state index in [0.29, 0.717) is 32.7 Å². The number of aliphatic carboxylic acids is 1. The SMILES string of the molecule is CC(CCCC(C)C(=O)O)NC(=O)NN1CCOCC1. The van der Waals surface area contributed by atoms with Crippen molar-refractivity contribution in [3.05, 3.63) is 0 Å². The maximum atomic E-state index is 11.7. The van der Waals surface area contributed by atoms with Crippen LogP contribution in [0.15, 0.2) is 0 Å². The minimum absolute atomic E-state index is 0.0250. The Kier molecular flexibility index (Phi) is 7.32. The third-order valence-corrected chi connectivity index (χ3v) is 3.34. The van der Waals surface area contributed by atoms with Crippen molar-refractivity contribution < 1.29 is 19.4 Å². The molecule has 0 aromatic heterocycles. The highest BCUT2D eigenvalue weighted by Crippen LogP contribution is 2.09. The van der Waals surface area contributed by atoms with Crippen LogP contribution in [0.4, 0.5) is 4.79 Å². The summed E-state index contributed by atoms with van der Waals surface area (Å²) < 4.78 is 5.20. The van der Waals surface area contributed by atoms with Crippen LogP contribution in [0, 0.1) is 5.92 Å². The second kappa shape index (κ2) is 8.76. The summed E-state index contributed by atoms with van der Waals surface area (Å²) in [6.45, 7) is 6.26. The van der Waals surface area contributed by atoms with Crippen molar-refractivity contribution in [2.75, 3.05) is 26.3 Å². The normalized spacial score (nSPS) is 19.1. The molecule has 0 aromatic carbocycles. The van der Waals surface area contributed by atoms with Gasteiger partial charge in [-0.15, -0.1) is 0 Å². The molecule has 3 N–H and O–H groups in total. The minimum atomic E-state index is -0.768. The van der Waals surface area contributed by atoms with Crippen molar-refractivity contribution in [3.8, 4) is 0 Å². The predicted octanol–water partition coefficient (Wildman–Crippen LogP) is 0.812. The van der Waals surface area contributed by atoms with Gasteiger partial charge in [0.2, 0.25) is 0 Å². The molecule has 2 unspecified atom stereocenters. The lowest BCUT2D eigenvalue weighted by Gasteiger charge is -2.27. The van der Waals surface area contributed by atoms with E-state index in [2.05, 4.69) is 10.7 Å². The zero-order chi connectivity index (χ0) is 15.0. The second-order valence-corrected chi connectivity index (χ2v) is 5.26. The van der Waals surface area contributed by atoms with Gasteiger partial charge in [-0.1, -0.05) is 13.3 Å². The zero-order valence-corrected chi connectivity index (χ0v) is 12.2. The number of ether oxygens (including phenoxy) is 1. The average molecular weight is 287 g/mol. The van der Waals surface area contributed by atoms with E-state index in [1.54, 1.807) is 6.92 Å². The molecule has 7 nitrogen and oxygen atoms in total.